The smallest absolute Gasteiger partial charge is 0.229 e. The first kappa shape index (κ1) is 20.3. The molecule has 2 aromatic carbocycles. The molecule has 32 heavy (non-hydrogen) atoms. The monoisotopic (exact) mass is 454 g/mol. The number of aromatic amines is 1. The summed E-state index contributed by atoms with van der Waals surface area (Å²) < 4.78 is 39.2. The molecule has 0 saturated carbocycles. The first-order valence-electron chi connectivity index (χ1n) is 9.92. The van der Waals surface area contributed by atoms with Gasteiger partial charge < -0.3 is 15.3 Å². The predicted octanol–water partition coefficient (Wildman–Crippen LogP) is 2.70. The summed E-state index contributed by atoms with van der Waals surface area (Å²) in [6.45, 7) is -0.141. The summed E-state index contributed by atoms with van der Waals surface area (Å²) in [5, 5.41) is 20.2. The van der Waals surface area contributed by atoms with E-state index in [1.807, 2.05) is 6.07 Å². The lowest BCUT2D eigenvalue weighted by atomic mass is 10.1. The Morgan fingerprint density at radius 1 is 1.22 bits per heavy atom. The van der Waals surface area contributed by atoms with Crippen molar-refractivity contribution in [1.29, 1.82) is 0 Å². The quantitative estimate of drug-likeness (QED) is 0.406. The minimum absolute atomic E-state index is 0.0287. The molecular weight excluding hydrogens is 435 g/mol. The van der Waals surface area contributed by atoms with Gasteiger partial charge in [0.15, 0.2) is 21.5 Å². The van der Waals surface area contributed by atoms with Gasteiger partial charge in [0.25, 0.3) is 0 Å². The van der Waals surface area contributed by atoms with E-state index < -0.39 is 15.7 Å². The van der Waals surface area contributed by atoms with Crippen LogP contribution < -0.4 is 10.2 Å². The molecule has 0 atom stereocenters. The number of benzene rings is 2. The number of fused-ring (bicyclic) bond motifs is 2. The van der Waals surface area contributed by atoms with Crippen molar-refractivity contribution < 1.29 is 17.9 Å². The lowest BCUT2D eigenvalue weighted by molar-refractivity contribution is 0.305. The number of aliphatic hydroxyl groups excluding tert-OH is 1. The Hall–Kier alpha value is -3.57. The molecule has 2 aromatic heterocycles. The molecule has 0 spiro atoms. The van der Waals surface area contributed by atoms with Gasteiger partial charge in [-0.05, 0) is 36.2 Å². The summed E-state index contributed by atoms with van der Waals surface area (Å²) in [6, 6.07) is 10.5. The molecule has 0 fully saturated rings. The molecule has 164 valence electrons. The van der Waals surface area contributed by atoms with Crippen molar-refractivity contribution in [3.8, 4) is 0 Å². The zero-order valence-electron chi connectivity index (χ0n) is 16.8. The third-order valence-electron chi connectivity index (χ3n) is 5.36. The normalized spacial score (nSPS) is 14.4. The van der Waals surface area contributed by atoms with Gasteiger partial charge in [-0.3, -0.25) is 5.10 Å². The van der Waals surface area contributed by atoms with Crippen molar-refractivity contribution in [2.75, 3.05) is 29.1 Å². The Morgan fingerprint density at radius 3 is 2.94 bits per heavy atom. The number of aryl methyl sites for hydroxylation is 1. The second-order valence-electron chi connectivity index (χ2n) is 7.37. The molecule has 0 unspecified atom stereocenters. The SMILES string of the molecule is O=S1(=O)CCc2ccc(Nc3ncc(F)c(N(CCO)c4cccc5[nH]ncc45)n3)cc21. The van der Waals surface area contributed by atoms with Gasteiger partial charge in [-0.1, -0.05) is 12.1 Å². The zero-order valence-corrected chi connectivity index (χ0v) is 17.6. The van der Waals surface area contributed by atoms with Crippen LogP contribution in [0.25, 0.3) is 10.9 Å². The van der Waals surface area contributed by atoms with Gasteiger partial charge in [0.1, 0.15) is 0 Å². The van der Waals surface area contributed by atoms with E-state index in [0.717, 1.165) is 22.7 Å². The maximum atomic E-state index is 14.8. The van der Waals surface area contributed by atoms with E-state index in [1.165, 1.54) is 0 Å². The van der Waals surface area contributed by atoms with Gasteiger partial charge in [0.05, 0.1) is 40.9 Å². The number of hydrogen-bond donors (Lipinski definition) is 3. The summed E-state index contributed by atoms with van der Waals surface area (Å²) in [4.78, 5) is 10.2. The van der Waals surface area contributed by atoms with Crippen molar-refractivity contribution >= 4 is 43.9 Å². The van der Waals surface area contributed by atoms with Crippen LogP contribution in [0.15, 0.2) is 53.7 Å². The third kappa shape index (κ3) is 3.55. The number of anilines is 4. The van der Waals surface area contributed by atoms with Crippen LogP contribution in [0.3, 0.4) is 0 Å². The summed E-state index contributed by atoms with van der Waals surface area (Å²) in [5.41, 5.74) is 2.64. The number of rotatable bonds is 6. The standard InChI is InChI=1S/C21H19FN6O3S/c22-16-12-23-21(25-14-5-4-13-6-9-32(30,31)19(13)10-14)26-20(16)28(7-8-29)18-3-1-2-17-15(18)11-24-27-17/h1-5,10-12,29H,6-9H2,(H,24,27)(H,23,25,26). The number of H-pyrrole nitrogens is 1. The van der Waals surface area contributed by atoms with E-state index in [2.05, 4.69) is 25.5 Å². The Balaban J connectivity index is 1.53. The van der Waals surface area contributed by atoms with E-state index in [4.69, 9.17) is 0 Å². The van der Waals surface area contributed by atoms with Gasteiger partial charge >= 0.3 is 0 Å². The van der Waals surface area contributed by atoms with Gasteiger partial charge in [-0.2, -0.15) is 10.1 Å². The van der Waals surface area contributed by atoms with Crippen LogP contribution in [0.5, 0.6) is 0 Å². The number of aromatic nitrogens is 4. The van der Waals surface area contributed by atoms with Crippen molar-refractivity contribution in [2.24, 2.45) is 0 Å². The zero-order chi connectivity index (χ0) is 22.3. The highest BCUT2D eigenvalue weighted by molar-refractivity contribution is 7.91. The molecular formula is C21H19FN6O3S. The average molecular weight is 454 g/mol. The van der Waals surface area contributed by atoms with E-state index in [0.29, 0.717) is 22.7 Å². The number of aliphatic hydroxyl groups is 1. The minimum atomic E-state index is -3.29. The summed E-state index contributed by atoms with van der Waals surface area (Å²) >= 11 is 0. The first-order chi connectivity index (χ1) is 15.5. The second-order valence-corrected chi connectivity index (χ2v) is 9.44. The Morgan fingerprint density at radius 2 is 2.09 bits per heavy atom. The fraction of sp³-hybridized carbons (Fsp3) is 0.190. The third-order valence-corrected chi connectivity index (χ3v) is 7.15. The molecule has 3 N–H and O–H groups in total. The highest BCUT2D eigenvalue weighted by Gasteiger charge is 2.26. The van der Waals surface area contributed by atoms with E-state index >= 15 is 0 Å². The Bertz CT molecular complexity index is 1420. The molecule has 0 bridgehead atoms. The van der Waals surface area contributed by atoms with Gasteiger partial charge in [0, 0.05) is 17.6 Å². The number of sulfone groups is 1. The number of nitrogens with zero attached hydrogens (tertiary/aromatic N) is 4. The lowest BCUT2D eigenvalue weighted by Crippen LogP contribution is -2.24. The summed E-state index contributed by atoms with van der Waals surface area (Å²) in [7, 11) is -3.29. The molecule has 9 nitrogen and oxygen atoms in total. The van der Waals surface area contributed by atoms with Crippen LogP contribution in [0.1, 0.15) is 5.56 Å². The predicted molar refractivity (Wildman–Crippen MR) is 118 cm³/mol. The van der Waals surface area contributed by atoms with Gasteiger partial charge in [0.2, 0.25) is 5.95 Å². The Labute approximate surface area is 182 Å². The van der Waals surface area contributed by atoms with Crippen molar-refractivity contribution in [3.05, 3.63) is 60.2 Å². The van der Waals surface area contributed by atoms with Crippen molar-refractivity contribution in [3.63, 3.8) is 0 Å². The lowest BCUT2D eigenvalue weighted by Gasteiger charge is -2.24. The van der Waals surface area contributed by atoms with Crippen LogP contribution in [0.4, 0.5) is 27.5 Å². The molecule has 0 saturated heterocycles. The fourth-order valence-electron chi connectivity index (χ4n) is 3.85. The van der Waals surface area contributed by atoms with Crippen molar-refractivity contribution in [2.45, 2.75) is 11.3 Å². The minimum Gasteiger partial charge on any atom is -0.395 e. The van der Waals surface area contributed by atoms with Crippen LogP contribution in [-0.2, 0) is 16.3 Å². The molecule has 4 aromatic rings. The fourth-order valence-corrected chi connectivity index (χ4v) is 5.43. The highest BCUT2D eigenvalue weighted by atomic mass is 32.2. The highest BCUT2D eigenvalue weighted by Crippen LogP contribution is 2.33. The Kier molecular flexibility index (Phi) is 4.98. The summed E-state index contributed by atoms with van der Waals surface area (Å²) in [6.07, 6.45) is 3.15. The van der Waals surface area contributed by atoms with Crippen LogP contribution in [0, 0.1) is 5.82 Å². The van der Waals surface area contributed by atoms with Gasteiger partial charge in [-0.25, -0.2) is 17.8 Å². The second kappa shape index (κ2) is 7.84. The molecule has 1 aliphatic heterocycles. The van der Waals surface area contributed by atoms with E-state index in [9.17, 15) is 17.9 Å². The molecule has 0 amide bonds. The van der Waals surface area contributed by atoms with Gasteiger partial charge in [-0.15, -0.1) is 0 Å². The molecule has 0 radical (unpaired) electrons. The number of halogens is 1. The topological polar surface area (TPSA) is 124 Å². The van der Waals surface area contributed by atoms with Crippen LogP contribution >= 0.6 is 0 Å². The largest absolute Gasteiger partial charge is 0.395 e. The number of hydrogen-bond acceptors (Lipinski definition) is 8. The maximum absolute atomic E-state index is 14.8. The van der Waals surface area contributed by atoms with E-state index in [1.54, 1.807) is 41.4 Å². The maximum Gasteiger partial charge on any atom is 0.229 e. The molecule has 0 aliphatic carbocycles. The first-order valence-corrected chi connectivity index (χ1v) is 11.6. The molecule has 11 heteroatoms. The van der Waals surface area contributed by atoms with E-state index in [-0.39, 0.29) is 30.7 Å². The molecule has 3 heterocycles. The van der Waals surface area contributed by atoms with Crippen LogP contribution in [-0.4, -0.2) is 52.6 Å². The summed E-state index contributed by atoms with van der Waals surface area (Å²) in [5.74, 6) is -0.502. The van der Waals surface area contributed by atoms with Crippen LogP contribution in [0.2, 0.25) is 0 Å². The van der Waals surface area contributed by atoms with Crippen molar-refractivity contribution in [1.82, 2.24) is 20.2 Å². The molecule has 1 aliphatic rings. The molecule has 5 rings (SSSR count). The number of nitrogens with one attached hydrogen (secondary N) is 2. The average Bonchev–Trinajstić information content (AvgIpc) is 3.38.